The molecule has 4 aromatic rings. The fraction of sp³-hybridized carbons (Fsp3) is 0.167. The van der Waals surface area contributed by atoms with Gasteiger partial charge in [0.2, 0.25) is 0 Å². The molecule has 0 unspecified atom stereocenters. The molecule has 0 radical (unpaired) electrons. The van der Waals surface area contributed by atoms with Gasteiger partial charge in [-0.1, -0.05) is 31.2 Å². The molecule has 1 N–H and O–H groups in total. The molecule has 0 aliphatic rings. The van der Waals surface area contributed by atoms with E-state index in [1.54, 1.807) is 23.1 Å². The van der Waals surface area contributed by atoms with Crippen LogP contribution in [0.1, 0.15) is 33.3 Å². The van der Waals surface area contributed by atoms with Crippen LogP contribution < -0.4 is 5.56 Å². The molecule has 4 nitrogen and oxygen atoms in total. The average Bonchev–Trinajstić information content (AvgIpc) is 3.29. The topological polar surface area (TPSA) is 53.2 Å². The zero-order valence-electron chi connectivity index (χ0n) is 16.5. The van der Waals surface area contributed by atoms with E-state index in [0.717, 1.165) is 22.9 Å². The zero-order valence-corrected chi connectivity index (χ0v) is 17.3. The van der Waals surface area contributed by atoms with Gasteiger partial charge in [0.05, 0.1) is 11.4 Å². The molecule has 0 aliphatic heterocycles. The van der Waals surface area contributed by atoms with Gasteiger partial charge in [-0.25, -0.2) is 4.39 Å². The van der Waals surface area contributed by atoms with Crippen molar-refractivity contribution in [1.82, 2.24) is 9.88 Å². The summed E-state index contributed by atoms with van der Waals surface area (Å²) < 4.78 is 13.3. The summed E-state index contributed by atoms with van der Waals surface area (Å²) in [6, 6.07) is 17.5. The number of rotatable bonds is 6. The molecule has 152 valence electrons. The van der Waals surface area contributed by atoms with Crippen LogP contribution in [-0.2, 0) is 19.5 Å². The van der Waals surface area contributed by atoms with Crippen LogP contribution in [-0.4, -0.2) is 15.8 Å². The first-order chi connectivity index (χ1) is 14.5. The number of aromatic amines is 1. The molecule has 30 heavy (non-hydrogen) atoms. The van der Waals surface area contributed by atoms with Crippen molar-refractivity contribution in [3.8, 4) is 0 Å². The van der Waals surface area contributed by atoms with Gasteiger partial charge in [0.1, 0.15) is 5.82 Å². The van der Waals surface area contributed by atoms with Crippen LogP contribution in [0.15, 0.2) is 70.8 Å². The van der Waals surface area contributed by atoms with E-state index in [2.05, 4.69) is 18.0 Å². The zero-order chi connectivity index (χ0) is 21.1. The van der Waals surface area contributed by atoms with Crippen LogP contribution in [0.2, 0.25) is 0 Å². The molecule has 0 spiro atoms. The molecular formula is C24H21FN2O2S. The Hall–Kier alpha value is -3.25. The summed E-state index contributed by atoms with van der Waals surface area (Å²) >= 11 is 1.36. The summed E-state index contributed by atoms with van der Waals surface area (Å²) in [7, 11) is 0. The lowest BCUT2D eigenvalue weighted by atomic mass is 10.1. The predicted molar refractivity (Wildman–Crippen MR) is 118 cm³/mol. The Bertz CT molecular complexity index is 1230. The molecule has 0 aliphatic carbocycles. The Morgan fingerprint density at radius 3 is 2.50 bits per heavy atom. The highest BCUT2D eigenvalue weighted by Crippen LogP contribution is 2.19. The van der Waals surface area contributed by atoms with Gasteiger partial charge in [-0.05, 0) is 64.7 Å². The standard InChI is InChI=1S/C24H21FN2O2S/c1-2-16-7-10-21-18(12-16)13-19(23(28)26-21)15-27(24(29)22-4-3-11-30-22)14-17-5-8-20(25)9-6-17/h3-13H,2,14-15H2,1H3,(H,26,28). The van der Waals surface area contributed by atoms with Crippen molar-refractivity contribution in [1.29, 1.82) is 0 Å². The van der Waals surface area contributed by atoms with Crippen molar-refractivity contribution in [3.05, 3.63) is 104 Å². The van der Waals surface area contributed by atoms with Gasteiger partial charge in [0.25, 0.3) is 11.5 Å². The number of pyridine rings is 1. The van der Waals surface area contributed by atoms with Crippen molar-refractivity contribution in [2.24, 2.45) is 0 Å². The van der Waals surface area contributed by atoms with Crippen molar-refractivity contribution in [2.75, 3.05) is 0 Å². The average molecular weight is 421 g/mol. The Morgan fingerprint density at radius 1 is 1.03 bits per heavy atom. The van der Waals surface area contributed by atoms with Crippen molar-refractivity contribution < 1.29 is 9.18 Å². The molecule has 0 saturated heterocycles. The second-order valence-corrected chi connectivity index (χ2v) is 8.11. The number of thiophene rings is 1. The molecule has 6 heteroatoms. The number of nitrogens with one attached hydrogen (secondary N) is 1. The minimum absolute atomic E-state index is 0.156. The third kappa shape index (κ3) is 4.33. The van der Waals surface area contributed by atoms with E-state index in [4.69, 9.17) is 0 Å². The molecule has 1 amide bonds. The van der Waals surface area contributed by atoms with Crippen LogP contribution in [0.3, 0.4) is 0 Å². The quantitative estimate of drug-likeness (QED) is 0.470. The van der Waals surface area contributed by atoms with Crippen molar-refractivity contribution in [2.45, 2.75) is 26.4 Å². The van der Waals surface area contributed by atoms with Crippen molar-refractivity contribution in [3.63, 3.8) is 0 Å². The van der Waals surface area contributed by atoms with E-state index in [-0.39, 0.29) is 30.4 Å². The summed E-state index contributed by atoms with van der Waals surface area (Å²) in [6.07, 6.45) is 0.901. The minimum Gasteiger partial charge on any atom is -0.329 e. The van der Waals surface area contributed by atoms with Crippen LogP contribution in [0.4, 0.5) is 4.39 Å². The number of carbonyl (C=O) groups excluding carboxylic acids is 1. The Morgan fingerprint density at radius 2 is 1.80 bits per heavy atom. The first kappa shape index (κ1) is 20.0. The van der Waals surface area contributed by atoms with Gasteiger partial charge in [-0.15, -0.1) is 11.3 Å². The summed E-state index contributed by atoms with van der Waals surface area (Å²) in [6.45, 7) is 2.52. The predicted octanol–water partition coefficient (Wildman–Crippen LogP) is 5.13. The maximum absolute atomic E-state index is 13.3. The van der Waals surface area contributed by atoms with Gasteiger partial charge >= 0.3 is 0 Å². The lowest BCUT2D eigenvalue weighted by molar-refractivity contribution is 0.0734. The largest absolute Gasteiger partial charge is 0.329 e. The second kappa shape index (κ2) is 8.63. The van der Waals surface area contributed by atoms with E-state index in [1.165, 1.54) is 29.0 Å². The number of H-pyrrole nitrogens is 1. The number of amides is 1. The highest BCUT2D eigenvalue weighted by Gasteiger charge is 2.19. The fourth-order valence-corrected chi connectivity index (χ4v) is 4.10. The summed E-state index contributed by atoms with van der Waals surface area (Å²) in [5.74, 6) is -0.483. The number of hydrogen-bond acceptors (Lipinski definition) is 3. The highest BCUT2D eigenvalue weighted by atomic mass is 32.1. The van der Waals surface area contributed by atoms with E-state index in [9.17, 15) is 14.0 Å². The molecule has 0 saturated carbocycles. The van der Waals surface area contributed by atoms with E-state index in [1.807, 2.05) is 29.6 Å². The van der Waals surface area contributed by atoms with E-state index >= 15 is 0 Å². The lowest BCUT2D eigenvalue weighted by Crippen LogP contribution is -2.32. The lowest BCUT2D eigenvalue weighted by Gasteiger charge is -2.22. The number of hydrogen-bond donors (Lipinski definition) is 1. The van der Waals surface area contributed by atoms with Crippen molar-refractivity contribution >= 4 is 28.1 Å². The summed E-state index contributed by atoms with van der Waals surface area (Å²) in [5, 5.41) is 2.78. The first-order valence-electron chi connectivity index (χ1n) is 9.75. The van der Waals surface area contributed by atoms with Crippen LogP contribution in [0.5, 0.6) is 0 Å². The SMILES string of the molecule is CCc1ccc2[nH]c(=O)c(CN(Cc3ccc(F)cc3)C(=O)c3cccs3)cc2c1. The van der Waals surface area contributed by atoms with E-state index < -0.39 is 0 Å². The number of halogens is 1. The Balaban J connectivity index is 1.70. The van der Waals surface area contributed by atoms with Gasteiger partial charge in [0, 0.05) is 17.6 Å². The van der Waals surface area contributed by atoms with Crippen LogP contribution in [0, 0.1) is 5.82 Å². The first-order valence-corrected chi connectivity index (χ1v) is 10.6. The Kier molecular flexibility index (Phi) is 5.77. The van der Waals surface area contributed by atoms with Gasteiger partial charge in [-0.2, -0.15) is 0 Å². The normalized spacial score (nSPS) is 11.0. The van der Waals surface area contributed by atoms with E-state index in [0.29, 0.717) is 10.4 Å². The maximum Gasteiger partial charge on any atom is 0.264 e. The third-order valence-corrected chi connectivity index (χ3v) is 5.92. The monoisotopic (exact) mass is 420 g/mol. The summed E-state index contributed by atoms with van der Waals surface area (Å²) in [5.41, 5.74) is 3.05. The highest BCUT2D eigenvalue weighted by molar-refractivity contribution is 7.12. The van der Waals surface area contributed by atoms with Gasteiger partial charge in [0.15, 0.2) is 0 Å². The maximum atomic E-state index is 13.3. The molecular weight excluding hydrogens is 399 g/mol. The molecule has 0 fully saturated rings. The number of benzene rings is 2. The minimum atomic E-state index is -0.326. The second-order valence-electron chi connectivity index (χ2n) is 7.16. The molecule has 4 rings (SSSR count). The number of aryl methyl sites for hydroxylation is 1. The smallest absolute Gasteiger partial charge is 0.264 e. The molecule has 2 aromatic carbocycles. The Labute approximate surface area is 177 Å². The van der Waals surface area contributed by atoms with Crippen LogP contribution >= 0.6 is 11.3 Å². The number of nitrogens with zero attached hydrogens (tertiary/aromatic N) is 1. The third-order valence-electron chi connectivity index (χ3n) is 5.06. The molecule has 2 aromatic heterocycles. The number of fused-ring (bicyclic) bond motifs is 1. The number of aromatic nitrogens is 1. The van der Waals surface area contributed by atoms with Gasteiger partial charge in [-0.3, -0.25) is 9.59 Å². The molecule has 0 bridgehead atoms. The molecule has 0 atom stereocenters. The van der Waals surface area contributed by atoms with Crippen LogP contribution in [0.25, 0.3) is 10.9 Å². The summed E-state index contributed by atoms with van der Waals surface area (Å²) in [4.78, 5) is 30.9. The van der Waals surface area contributed by atoms with Gasteiger partial charge < -0.3 is 9.88 Å². The molecule has 2 heterocycles. The fourth-order valence-electron chi connectivity index (χ4n) is 3.41. The number of carbonyl (C=O) groups is 1.